The molecule has 1 amide bonds. The third-order valence-electron chi connectivity index (χ3n) is 3.37. The van der Waals surface area contributed by atoms with Gasteiger partial charge in [0.1, 0.15) is 0 Å². The largest absolute Gasteiger partial charge is 0.504 e. The Morgan fingerprint density at radius 3 is 2.50 bits per heavy atom. The Hall–Kier alpha value is -2.57. The number of phenols is 1. The molecule has 0 fully saturated rings. The first-order valence-corrected chi connectivity index (χ1v) is 7.82. The second-order valence-electron chi connectivity index (χ2n) is 5.21. The van der Waals surface area contributed by atoms with E-state index in [2.05, 4.69) is 15.3 Å². The quantitative estimate of drug-likeness (QED) is 0.296. The Kier molecular flexibility index (Phi) is 8.96. The van der Waals surface area contributed by atoms with Crippen LogP contribution in [-0.2, 0) is 14.3 Å². The molecule has 7 heteroatoms. The van der Waals surface area contributed by atoms with Gasteiger partial charge in [-0.2, -0.15) is 5.10 Å². The van der Waals surface area contributed by atoms with Crippen LogP contribution in [0.1, 0.15) is 44.1 Å². The number of phenolic OH excluding ortho intramolecular Hbond substituents is 1. The van der Waals surface area contributed by atoms with E-state index in [1.165, 1.54) is 26.5 Å². The maximum Gasteiger partial charge on any atom is 0.305 e. The van der Waals surface area contributed by atoms with Gasteiger partial charge in [0.2, 0.25) is 5.91 Å². The van der Waals surface area contributed by atoms with Gasteiger partial charge in [-0.25, -0.2) is 5.43 Å². The van der Waals surface area contributed by atoms with Gasteiger partial charge in [0.15, 0.2) is 11.5 Å². The van der Waals surface area contributed by atoms with Crippen LogP contribution in [0.2, 0.25) is 0 Å². The molecule has 0 aromatic heterocycles. The van der Waals surface area contributed by atoms with Crippen molar-refractivity contribution in [2.75, 3.05) is 14.2 Å². The summed E-state index contributed by atoms with van der Waals surface area (Å²) in [7, 11) is 2.85. The number of amides is 1. The standard InChI is InChI=1S/C17H24N2O5/c1-23-15-10-9-13(11-14(15)20)12-18-19-16(21)7-5-3-4-6-8-17(22)24-2/h9-12,20H,3-8H2,1-2H3,(H,19,21)/b18-12+. The average Bonchev–Trinajstić information content (AvgIpc) is 2.57. The summed E-state index contributed by atoms with van der Waals surface area (Å²) in [4.78, 5) is 22.5. The highest BCUT2D eigenvalue weighted by Gasteiger charge is 2.03. The van der Waals surface area contributed by atoms with Crippen molar-refractivity contribution in [1.82, 2.24) is 5.43 Å². The van der Waals surface area contributed by atoms with Gasteiger partial charge >= 0.3 is 5.97 Å². The van der Waals surface area contributed by atoms with Crippen LogP contribution in [-0.4, -0.2) is 37.4 Å². The smallest absolute Gasteiger partial charge is 0.305 e. The normalized spacial score (nSPS) is 10.6. The minimum atomic E-state index is -0.202. The van der Waals surface area contributed by atoms with Crippen LogP contribution < -0.4 is 10.2 Å². The van der Waals surface area contributed by atoms with E-state index in [9.17, 15) is 14.7 Å². The number of carbonyl (C=O) groups excluding carboxylic acids is 2. The predicted molar refractivity (Wildman–Crippen MR) is 90.1 cm³/mol. The van der Waals surface area contributed by atoms with Crippen LogP contribution >= 0.6 is 0 Å². The van der Waals surface area contributed by atoms with Gasteiger partial charge in [-0.15, -0.1) is 0 Å². The van der Waals surface area contributed by atoms with E-state index >= 15 is 0 Å². The number of hydrazone groups is 1. The minimum Gasteiger partial charge on any atom is -0.504 e. The third kappa shape index (κ3) is 7.62. The number of esters is 1. The Labute approximate surface area is 141 Å². The van der Waals surface area contributed by atoms with Crippen molar-refractivity contribution >= 4 is 18.1 Å². The third-order valence-corrected chi connectivity index (χ3v) is 3.37. The van der Waals surface area contributed by atoms with Crippen LogP contribution in [0, 0.1) is 0 Å². The van der Waals surface area contributed by atoms with Crippen LogP contribution in [0.3, 0.4) is 0 Å². The second kappa shape index (κ2) is 11.0. The first-order chi connectivity index (χ1) is 11.6. The molecular weight excluding hydrogens is 312 g/mol. The Bertz CT molecular complexity index is 572. The first kappa shape index (κ1) is 19.5. The lowest BCUT2D eigenvalue weighted by Crippen LogP contribution is -2.16. The zero-order valence-corrected chi connectivity index (χ0v) is 14.1. The number of carbonyl (C=O) groups is 2. The molecule has 1 aromatic rings. The molecular formula is C17H24N2O5. The molecule has 0 heterocycles. The summed E-state index contributed by atoms with van der Waals surface area (Å²) >= 11 is 0. The number of benzene rings is 1. The number of nitrogens with one attached hydrogen (secondary N) is 1. The second-order valence-corrected chi connectivity index (χ2v) is 5.21. The van der Waals surface area contributed by atoms with Gasteiger partial charge in [0, 0.05) is 12.8 Å². The fourth-order valence-corrected chi connectivity index (χ4v) is 2.03. The highest BCUT2D eigenvalue weighted by atomic mass is 16.5. The van der Waals surface area contributed by atoms with E-state index in [1.807, 2.05) is 0 Å². The van der Waals surface area contributed by atoms with Crippen molar-refractivity contribution in [2.24, 2.45) is 5.10 Å². The lowest BCUT2D eigenvalue weighted by molar-refractivity contribution is -0.140. The van der Waals surface area contributed by atoms with Crippen molar-refractivity contribution in [3.8, 4) is 11.5 Å². The fourth-order valence-electron chi connectivity index (χ4n) is 2.03. The molecule has 0 aliphatic heterocycles. The van der Waals surface area contributed by atoms with Crippen molar-refractivity contribution in [1.29, 1.82) is 0 Å². The Morgan fingerprint density at radius 1 is 1.17 bits per heavy atom. The van der Waals surface area contributed by atoms with Crippen molar-refractivity contribution in [3.63, 3.8) is 0 Å². The highest BCUT2D eigenvalue weighted by Crippen LogP contribution is 2.25. The van der Waals surface area contributed by atoms with Crippen LogP contribution in [0.4, 0.5) is 0 Å². The van der Waals surface area contributed by atoms with E-state index in [4.69, 9.17) is 4.74 Å². The molecule has 24 heavy (non-hydrogen) atoms. The number of rotatable bonds is 10. The topological polar surface area (TPSA) is 97.2 Å². The maximum atomic E-state index is 11.6. The molecule has 1 rings (SSSR count). The van der Waals surface area contributed by atoms with Crippen LogP contribution in [0.25, 0.3) is 0 Å². The molecule has 0 unspecified atom stereocenters. The number of aromatic hydroxyl groups is 1. The molecule has 0 spiro atoms. The molecule has 1 aromatic carbocycles. The van der Waals surface area contributed by atoms with Gasteiger partial charge < -0.3 is 14.6 Å². The van der Waals surface area contributed by atoms with Gasteiger partial charge in [-0.05, 0) is 36.6 Å². The van der Waals surface area contributed by atoms with Gasteiger partial charge in [0.25, 0.3) is 0 Å². The van der Waals surface area contributed by atoms with Crippen molar-refractivity contribution in [3.05, 3.63) is 23.8 Å². The van der Waals surface area contributed by atoms with Crippen LogP contribution in [0.5, 0.6) is 11.5 Å². The van der Waals surface area contributed by atoms with Crippen molar-refractivity contribution in [2.45, 2.75) is 38.5 Å². The summed E-state index contributed by atoms with van der Waals surface area (Å²) in [5.41, 5.74) is 3.09. The highest BCUT2D eigenvalue weighted by molar-refractivity contribution is 5.83. The lowest BCUT2D eigenvalue weighted by atomic mass is 10.1. The lowest BCUT2D eigenvalue weighted by Gasteiger charge is -2.03. The van der Waals surface area contributed by atoms with E-state index < -0.39 is 0 Å². The molecule has 0 bridgehead atoms. The molecule has 0 atom stereocenters. The summed E-state index contributed by atoms with van der Waals surface area (Å²) in [6.45, 7) is 0. The number of hydrogen-bond acceptors (Lipinski definition) is 6. The SMILES string of the molecule is COC(=O)CCCCCCC(=O)N/N=C/c1ccc(OC)c(O)c1. The molecule has 132 valence electrons. The van der Waals surface area contributed by atoms with Crippen LogP contribution in [0.15, 0.2) is 23.3 Å². The fraction of sp³-hybridized carbons (Fsp3) is 0.471. The number of methoxy groups -OCH3 is 2. The number of ether oxygens (including phenoxy) is 2. The number of hydrogen-bond donors (Lipinski definition) is 2. The van der Waals surface area contributed by atoms with E-state index in [0.29, 0.717) is 24.2 Å². The Balaban J connectivity index is 2.19. The number of unbranched alkanes of at least 4 members (excludes halogenated alkanes) is 3. The minimum absolute atomic E-state index is 0.0136. The van der Waals surface area contributed by atoms with Crippen molar-refractivity contribution < 1.29 is 24.2 Å². The van der Waals surface area contributed by atoms with Gasteiger partial charge in [-0.1, -0.05) is 12.8 Å². The van der Waals surface area contributed by atoms with E-state index in [-0.39, 0.29) is 17.6 Å². The average molecular weight is 336 g/mol. The number of nitrogens with zero attached hydrogens (tertiary/aromatic N) is 1. The zero-order chi connectivity index (χ0) is 17.8. The molecule has 0 radical (unpaired) electrons. The first-order valence-electron chi connectivity index (χ1n) is 7.82. The van der Waals surface area contributed by atoms with E-state index in [1.54, 1.807) is 12.1 Å². The summed E-state index contributed by atoms with van der Waals surface area (Å²) in [5, 5.41) is 13.5. The molecule has 7 nitrogen and oxygen atoms in total. The monoisotopic (exact) mass is 336 g/mol. The molecule has 0 saturated carbocycles. The summed E-state index contributed by atoms with van der Waals surface area (Å²) in [6, 6.07) is 4.83. The summed E-state index contributed by atoms with van der Waals surface area (Å²) in [5.74, 6) is 0.0201. The molecule has 0 aliphatic carbocycles. The van der Waals surface area contributed by atoms with E-state index in [0.717, 1.165) is 25.7 Å². The Morgan fingerprint density at radius 2 is 1.88 bits per heavy atom. The summed E-state index contributed by atoms with van der Waals surface area (Å²) in [6.07, 6.45) is 5.52. The maximum absolute atomic E-state index is 11.6. The predicted octanol–water partition coefficient (Wildman–Crippen LogP) is 2.36. The molecule has 0 aliphatic rings. The molecule has 2 N–H and O–H groups in total. The summed E-state index contributed by atoms with van der Waals surface area (Å²) < 4.78 is 9.50. The zero-order valence-electron chi connectivity index (χ0n) is 14.1. The van der Waals surface area contributed by atoms with Gasteiger partial charge in [0.05, 0.1) is 20.4 Å². The molecule has 0 saturated heterocycles. The van der Waals surface area contributed by atoms with Gasteiger partial charge in [-0.3, -0.25) is 9.59 Å².